The molecule has 3 N–H and O–H groups in total. The van der Waals surface area contributed by atoms with Crippen LogP contribution in [0.2, 0.25) is 0 Å². The molecule has 0 aliphatic rings. The largest absolute Gasteiger partial charge is 0.370 e. The minimum atomic E-state index is -3.25. The maximum atomic E-state index is 11.2. The molecular weight excluding hydrogens is 208 g/mol. The van der Waals surface area contributed by atoms with Crippen molar-refractivity contribution in [1.29, 1.82) is 0 Å². The zero-order valence-corrected chi connectivity index (χ0v) is 9.13. The summed E-state index contributed by atoms with van der Waals surface area (Å²) in [6, 6.07) is 0. The van der Waals surface area contributed by atoms with Crippen LogP contribution in [-0.2, 0) is 19.6 Å². The van der Waals surface area contributed by atoms with Crippen molar-refractivity contribution in [3.63, 3.8) is 0 Å². The molecule has 0 unspecified atom stereocenters. The second kappa shape index (κ2) is 5.94. The Bertz CT molecular complexity index is 273. The van der Waals surface area contributed by atoms with Gasteiger partial charge in [0.25, 0.3) is 0 Å². The monoisotopic (exact) mass is 224 g/mol. The van der Waals surface area contributed by atoms with Crippen molar-refractivity contribution in [3.05, 3.63) is 0 Å². The zero-order chi connectivity index (χ0) is 11.2. The molecular formula is C7H16N2O4S. The Morgan fingerprint density at radius 2 is 2.07 bits per heavy atom. The Balaban J connectivity index is 3.60. The molecule has 14 heavy (non-hydrogen) atoms. The van der Waals surface area contributed by atoms with E-state index in [1.165, 1.54) is 0 Å². The summed E-state index contributed by atoms with van der Waals surface area (Å²) in [5.41, 5.74) is 4.81. The molecule has 0 rings (SSSR count). The van der Waals surface area contributed by atoms with Gasteiger partial charge >= 0.3 is 0 Å². The second-order valence-corrected chi connectivity index (χ2v) is 5.33. The lowest BCUT2D eigenvalue weighted by molar-refractivity contribution is -0.122. The first kappa shape index (κ1) is 13.3. The highest BCUT2D eigenvalue weighted by Crippen LogP contribution is 1.94. The van der Waals surface area contributed by atoms with Gasteiger partial charge in [-0.25, -0.2) is 13.1 Å². The molecule has 0 atom stereocenters. The predicted octanol–water partition coefficient (Wildman–Crippen LogP) is -1.18. The summed E-state index contributed by atoms with van der Waals surface area (Å²) < 4.78 is 29.4. The van der Waals surface area contributed by atoms with Gasteiger partial charge in [0, 0.05) is 6.54 Å². The first-order valence-electron chi connectivity index (χ1n) is 4.21. The molecule has 0 aromatic heterocycles. The van der Waals surface area contributed by atoms with E-state index in [2.05, 4.69) is 4.72 Å². The Morgan fingerprint density at radius 1 is 1.50 bits per heavy atom. The van der Waals surface area contributed by atoms with Crippen molar-refractivity contribution in [1.82, 2.24) is 4.72 Å². The first-order chi connectivity index (χ1) is 6.36. The van der Waals surface area contributed by atoms with Gasteiger partial charge in [0.2, 0.25) is 15.9 Å². The van der Waals surface area contributed by atoms with Gasteiger partial charge in [-0.3, -0.25) is 4.79 Å². The molecule has 0 spiro atoms. The Hall–Kier alpha value is -0.660. The van der Waals surface area contributed by atoms with Crippen molar-refractivity contribution in [2.75, 3.05) is 19.8 Å². The van der Waals surface area contributed by atoms with E-state index in [4.69, 9.17) is 10.5 Å². The van der Waals surface area contributed by atoms with Crippen LogP contribution in [0.15, 0.2) is 0 Å². The van der Waals surface area contributed by atoms with E-state index in [1.54, 1.807) is 13.8 Å². The van der Waals surface area contributed by atoms with Crippen molar-refractivity contribution in [2.24, 2.45) is 5.73 Å². The normalized spacial score (nSPS) is 11.9. The molecule has 1 amide bonds. The van der Waals surface area contributed by atoms with Crippen molar-refractivity contribution in [3.8, 4) is 0 Å². The quantitative estimate of drug-likeness (QED) is 0.531. The molecule has 0 bridgehead atoms. The Morgan fingerprint density at radius 3 is 2.50 bits per heavy atom. The number of primary amides is 1. The fourth-order valence-corrected chi connectivity index (χ4v) is 1.30. The van der Waals surface area contributed by atoms with E-state index < -0.39 is 21.2 Å². The number of sulfonamides is 1. The van der Waals surface area contributed by atoms with Crippen LogP contribution in [0.4, 0.5) is 0 Å². The summed E-state index contributed by atoms with van der Waals surface area (Å²) in [5, 5.41) is -0.473. The van der Waals surface area contributed by atoms with Crippen LogP contribution in [0.5, 0.6) is 0 Å². The molecule has 0 saturated heterocycles. The lowest BCUT2D eigenvalue weighted by Gasteiger charge is -2.08. The fraction of sp³-hybridized carbons (Fsp3) is 0.857. The minimum absolute atomic E-state index is 0.134. The lowest BCUT2D eigenvalue weighted by Crippen LogP contribution is -2.33. The number of carbonyl (C=O) groups excluding carboxylic acids is 1. The first-order valence-corrected chi connectivity index (χ1v) is 5.75. The average Bonchev–Trinajstić information content (AvgIpc) is 2.02. The summed E-state index contributed by atoms with van der Waals surface area (Å²) in [6.45, 7) is 3.24. The molecule has 0 heterocycles. The SMILES string of the molecule is CC(C)S(=O)(=O)NCCOCC(N)=O. The average molecular weight is 224 g/mol. The van der Waals surface area contributed by atoms with Gasteiger partial charge < -0.3 is 10.5 Å². The number of ether oxygens (including phenoxy) is 1. The zero-order valence-electron chi connectivity index (χ0n) is 8.32. The third-order valence-electron chi connectivity index (χ3n) is 1.41. The maximum absolute atomic E-state index is 11.2. The van der Waals surface area contributed by atoms with E-state index >= 15 is 0 Å². The van der Waals surface area contributed by atoms with Crippen LogP contribution in [0.25, 0.3) is 0 Å². The standard InChI is InChI=1S/C7H16N2O4S/c1-6(2)14(11,12)9-3-4-13-5-7(8)10/h6,9H,3-5H2,1-2H3,(H2,8,10). The summed E-state index contributed by atoms with van der Waals surface area (Å²) in [6.07, 6.45) is 0. The van der Waals surface area contributed by atoms with Crippen LogP contribution in [0.3, 0.4) is 0 Å². The summed E-state index contributed by atoms with van der Waals surface area (Å²) in [5.74, 6) is -0.572. The number of amides is 1. The summed E-state index contributed by atoms with van der Waals surface area (Å²) >= 11 is 0. The molecule has 0 aliphatic heterocycles. The van der Waals surface area contributed by atoms with E-state index in [9.17, 15) is 13.2 Å². The molecule has 6 nitrogen and oxygen atoms in total. The highest BCUT2D eigenvalue weighted by atomic mass is 32.2. The second-order valence-electron chi connectivity index (χ2n) is 3.01. The fourth-order valence-electron chi connectivity index (χ4n) is 0.596. The van der Waals surface area contributed by atoms with Crippen molar-refractivity contribution in [2.45, 2.75) is 19.1 Å². The number of carbonyl (C=O) groups is 1. The number of hydrogen-bond donors (Lipinski definition) is 2. The molecule has 84 valence electrons. The number of nitrogens with one attached hydrogen (secondary N) is 1. The van der Waals surface area contributed by atoms with E-state index in [0.29, 0.717) is 0 Å². The van der Waals surface area contributed by atoms with E-state index in [0.717, 1.165) is 0 Å². The smallest absolute Gasteiger partial charge is 0.243 e. The van der Waals surface area contributed by atoms with E-state index in [1.807, 2.05) is 0 Å². The van der Waals surface area contributed by atoms with Crippen LogP contribution in [0.1, 0.15) is 13.8 Å². The number of rotatable bonds is 7. The number of nitrogens with two attached hydrogens (primary N) is 1. The van der Waals surface area contributed by atoms with Gasteiger partial charge in [-0.1, -0.05) is 0 Å². The van der Waals surface area contributed by atoms with E-state index in [-0.39, 0.29) is 19.8 Å². The third kappa shape index (κ3) is 5.90. The van der Waals surface area contributed by atoms with Gasteiger partial charge in [0.15, 0.2) is 0 Å². The van der Waals surface area contributed by atoms with Gasteiger partial charge in [0.1, 0.15) is 6.61 Å². The lowest BCUT2D eigenvalue weighted by atomic mass is 10.6. The highest BCUT2D eigenvalue weighted by molar-refractivity contribution is 7.90. The predicted molar refractivity (Wildman–Crippen MR) is 52.1 cm³/mol. The molecule has 0 aromatic rings. The molecule has 0 fully saturated rings. The van der Waals surface area contributed by atoms with Crippen molar-refractivity contribution >= 4 is 15.9 Å². The molecule has 0 aromatic carbocycles. The molecule has 7 heteroatoms. The number of hydrogen-bond acceptors (Lipinski definition) is 4. The summed E-state index contributed by atoms with van der Waals surface area (Å²) in [7, 11) is -3.25. The van der Waals surface area contributed by atoms with Crippen LogP contribution < -0.4 is 10.5 Å². The summed E-state index contributed by atoms with van der Waals surface area (Å²) in [4.78, 5) is 10.2. The van der Waals surface area contributed by atoms with Gasteiger partial charge in [-0.2, -0.15) is 0 Å². The molecule has 0 radical (unpaired) electrons. The van der Waals surface area contributed by atoms with Gasteiger partial charge in [0.05, 0.1) is 11.9 Å². The van der Waals surface area contributed by atoms with Gasteiger partial charge in [-0.15, -0.1) is 0 Å². The molecule has 0 aliphatic carbocycles. The third-order valence-corrected chi connectivity index (χ3v) is 3.26. The molecule has 0 saturated carbocycles. The Labute approximate surface area is 83.9 Å². The Kier molecular flexibility index (Phi) is 5.66. The topological polar surface area (TPSA) is 98.5 Å². The van der Waals surface area contributed by atoms with Crippen molar-refractivity contribution < 1.29 is 17.9 Å². The van der Waals surface area contributed by atoms with Gasteiger partial charge in [-0.05, 0) is 13.8 Å². The van der Waals surface area contributed by atoms with Crippen LogP contribution >= 0.6 is 0 Å². The van der Waals surface area contributed by atoms with Crippen LogP contribution in [0, 0.1) is 0 Å². The maximum Gasteiger partial charge on any atom is 0.243 e. The minimum Gasteiger partial charge on any atom is -0.370 e. The van der Waals surface area contributed by atoms with Crippen LogP contribution in [-0.4, -0.2) is 39.3 Å². The highest BCUT2D eigenvalue weighted by Gasteiger charge is 2.13.